The Morgan fingerprint density at radius 2 is 1.53 bits per heavy atom. The topological polar surface area (TPSA) is 12.0 Å². The molecule has 0 saturated heterocycles. The zero-order valence-electron chi connectivity index (χ0n) is 11.5. The van der Waals surface area contributed by atoms with Gasteiger partial charge < -0.3 is 5.32 Å². The van der Waals surface area contributed by atoms with E-state index in [1.54, 1.807) is 0 Å². The van der Waals surface area contributed by atoms with Crippen LogP contribution in [0.4, 0.5) is 0 Å². The molecule has 1 N–H and O–H groups in total. The standard InChI is InChI=1S/C14H31N/c1-6-8-13(5)10-14(9-7-2)11-15-12(3)4/h12-15H,6-11H2,1-5H3. The van der Waals surface area contributed by atoms with Gasteiger partial charge in [0.1, 0.15) is 0 Å². The molecule has 0 aromatic carbocycles. The summed E-state index contributed by atoms with van der Waals surface area (Å²) in [5.74, 6) is 1.79. The van der Waals surface area contributed by atoms with Crippen molar-refractivity contribution in [3.63, 3.8) is 0 Å². The Morgan fingerprint density at radius 3 is 2.00 bits per heavy atom. The summed E-state index contributed by atoms with van der Waals surface area (Å²) >= 11 is 0. The van der Waals surface area contributed by atoms with Crippen molar-refractivity contribution in [1.82, 2.24) is 5.32 Å². The summed E-state index contributed by atoms with van der Waals surface area (Å²) in [6, 6.07) is 0.630. The molecule has 2 atom stereocenters. The molecule has 0 rings (SSSR count). The minimum Gasteiger partial charge on any atom is -0.314 e. The molecule has 15 heavy (non-hydrogen) atoms. The maximum absolute atomic E-state index is 3.58. The summed E-state index contributed by atoms with van der Waals surface area (Å²) in [6.45, 7) is 12.7. The van der Waals surface area contributed by atoms with E-state index in [-0.39, 0.29) is 0 Å². The molecule has 0 radical (unpaired) electrons. The largest absolute Gasteiger partial charge is 0.314 e. The lowest BCUT2D eigenvalue weighted by molar-refractivity contribution is 0.329. The zero-order valence-corrected chi connectivity index (χ0v) is 11.5. The first-order chi connectivity index (χ1) is 7.10. The van der Waals surface area contributed by atoms with Crippen LogP contribution in [0.3, 0.4) is 0 Å². The Bertz CT molecular complexity index is 131. The van der Waals surface area contributed by atoms with E-state index in [4.69, 9.17) is 0 Å². The maximum Gasteiger partial charge on any atom is 0.00104 e. The molecule has 1 heteroatoms. The molecule has 0 aliphatic heterocycles. The van der Waals surface area contributed by atoms with Crippen LogP contribution in [0, 0.1) is 11.8 Å². The van der Waals surface area contributed by atoms with Crippen molar-refractivity contribution in [2.24, 2.45) is 11.8 Å². The molecule has 0 spiro atoms. The van der Waals surface area contributed by atoms with Crippen LogP contribution < -0.4 is 5.32 Å². The van der Waals surface area contributed by atoms with Gasteiger partial charge in [0.05, 0.1) is 0 Å². The van der Waals surface area contributed by atoms with Gasteiger partial charge in [0.25, 0.3) is 0 Å². The van der Waals surface area contributed by atoms with E-state index in [1.807, 2.05) is 0 Å². The van der Waals surface area contributed by atoms with Gasteiger partial charge in [0.2, 0.25) is 0 Å². The third kappa shape index (κ3) is 8.92. The SMILES string of the molecule is CCCC(C)CC(CCC)CNC(C)C. The molecule has 0 aliphatic carbocycles. The van der Waals surface area contributed by atoms with E-state index in [1.165, 1.54) is 38.6 Å². The third-order valence-electron chi connectivity index (χ3n) is 3.03. The second-order valence-corrected chi connectivity index (χ2v) is 5.35. The van der Waals surface area contributed by atoms with E-state index >= 15 is 0 Å². The smallest absolute Gasteiger partial charge is 0.00104 e. The summed E-state index contributed by atoms with van der Waals surface area (Å²) in [5, 5.41) is 3.58. The quantitative estimate of drug-likeness (QED) is 0.604. The van der Waals surface area contributed by atoms with Crippen LogP contribution in [0.5, 0.6) is 0 Å². The van der Waals surface area contributed by atoms with Crippen LogP contribution >= 0.6 is 0 Å². The van der Waals surface area contributed by atoms with Crippen molar-refractivity contribution < 1.29 is 0 Å². The van der Waals surface area contributed by atoms with Gasteiger partial charge in [-0.05, 0) is 31.2 Å². The maximum atomic E-state index is 3.58. The van der Waals surface area contributed by atoms with Gasteiger partial charge in [0.15, 0.2) is 0 Å². The molecular formula is C14H31N. The van der Waals surface area contributed by atoms with E-state index in [0.717, 1.165) is 11.8 Å². The summed E-state index contributed by atoms with van der Waals surface area (Å²) in [6.07, 6.45) is 6.83. The second-order valence-electron chi connectivity index (χ2n) is 5.35. The predicted octanol–water partition coefficient (Wildman–Crippen LogP) is 4.23. The average molecular weight is 213 g/mol. The molecule has 0 saturated carbocycles. The fourth-order valence-electron chi connectivity index (χ4n) is 2.29. The summed E-state index contributed by atoms with van der Waals surface area (Å²) < 4.78 is 0. The van der Waals surface area contributed by atoms with E-state index in [2.05, 4.69) is 39.9 Å². The number of hydrogen-bond donors (Lipinski definition) is 1. The molecule has 0 aliphatic rings. The first-order valence-corrected chi connectivity index (χ1v) is 6.83. The van der Waals surface area contributed by atoms with Crippen molar-refractivity contribution in [2.45, 2.75) is 72.8 Å². The average Bonchev–Trinajstić information content (AvgIpc) is 2.15. The predicted molar refractivity (Wildman–Crippen MR) is 70.2 cm³/mol. The van der Waals surface area contributed by atoms with Crippen molar-refractivity contribution in [3.05, 3.63) is 0 Å². The number of rotatable bonds is 9. The zero-order chi connectivity index (χ0) is 11.7. The molecule has 0 amide bonds. The van der Waals surface area contributed by atoms with E-state index in [0.29, 0.717) is 6.04 Å². The summed E-state index contributed by atoms with van der Waals surface area (Å²) in [7, 11) is 0. The van der Waals surface area contributed by atoms with Gasteiger partial charge in [-0.1, -0.05) is 53.9 Å². The fourth-order valence-corrected chi connectivity index (χ4v) is 2.29. The molecule has 92 valence electrons. The molecule has 0 heterocycles. The Labute approximate surface area is 97.0 Å². The molecule has 0 bridgehead atoms. The van der Waals surface area contributed by atoms with Gasteiger partial charge in [-0.2, -0.15) is 0 Å². The summed E-state index contributed by atoms with van der Waals surface area (Å²) in [4.78, 5) is 0. The van der Waals surface area contributed by atoms with Crippen LogP contribution in [0.1, 0.15) is 66.7 Å². The Balaban J connectivity index is 3.80. The van der Waals surface area contributed by atoms with Crippen LogP contribution in [-0.4, -0.2) is 12.6 Å². The number of nitrogens with one attached hydrogen (secondary N) is 1. The molecule has 2 unspecified atom stereocenters. The highest BCUT2D eigenvalue weighted by Gasteiger charge is 2.12. The molecule has 0 fully saturated rings. The highest BCUT2D eigenvalue weighted by Crippen LogP contribution is 2.20. The molecule has 0 aromatic rings. The monoisotopic (exact) mass is 213 g/mol. The van der Waals surface area contributed by atoms with Crippen LogP contribution in [0.25, 0.3) is 0 Å². The first-order valence-electron chi connectivity index (χ1n) is 6.83. The van der Waals surface area contributed by atoms with E-state index < -0.39 is 0 Å². The highest BCUT2D eigenvalue weighted by molar-refractivity contribution is 4.67. The van der Waals surface area contributed by atoms with Gasteiger partial charge in [0, 0.05) is 6.04 Å². The molecule has 0 aromatic heterocycles. The van der Waals surface area contributed by atoms with Crippen molar-refractivity contribution in [1.29, 1.82) is 0 Å². The lowest BCUT2D eigenvalue weighted by atomic mass is 9.89. The number of hydrogen-bond acceptors (Lipinski definition) is 1. The van der Waals surface area contributed by atoms with Crippen LogP contribution in [-0.2, 0) is 0 Å². The lowest BCUT2D eigenvalue weighted by Crippen LogP contribution is -2.29. The van der Waals surface area contributed by atoms with Gasteiger partial charge >= 0.3 is 0 Å². The van der Waals surface area contributed by atoms with Gasteiger partial charge in [-0.3, -0.25) is 0 Å². The molecule has 1 nitrogen and oxygen atoms in total. The normalized spacial score (nSPS) is 15.6. The third-order valence-corrected chi connectivity index (χ3v) is 3.03. The van der Waals surface area contributed by atoms with Crippen LogP contribution in [0.2, 0.25) is 0 Å². The van der Waals surface area contributed by atoms with Crippen molar-refractivity contribution in [3.8, 4) is 0 Å². The molecular weight excluding hydrogens is 182 g/mol. The van der Waals surface area contributed by atoms with Gasteiger partial charge in [-0.15, -0.1) is 0 Å². The van der Waals surface area contributed by atoms with Crippen molar-refractivity contribution >= 4 is 0 Å². The fraction of sp³-hybridized carbons (Fsp3) is 1.00. The first kappa shape index (κ1) is 15.0. The van der Waals surface area contributed by atoms with Crippen molar-refractivity contribution in [2.75, 3.05) is 6.54 Å². The Hall–Kier alpha value is -0.0400. The Morgan fingerprint density at radius 1 is 0.933 bits per heavy atom. The van der Waals surface area contributed by atoms with E-state index in [9.17, 15) is 0 Å². The van der Waals surface area contributed by atoms with Crippen LogP contribution in [0.15, 0.2) is 0 Å². The lowest BCUT2D eigenvalue weighted by Gasteiger charge is -2.22. The Kier molecular flexibility index (Phi) is 9.18. The minimum absolute atomic E-state index is 0.630. The summed E-state index contributed by atoms with van der Waals surface area (Å²) in [5.41, 5.74) is 0. The highest BCUT2D eigenvalue weighted by atomic mass is 14.9. The second kappa shape index (κ2) is 9.21. The van der Waals surface area contributed by atoms with Gasteiger partial charge in [-0.25, -0.2) is 0 Å². The minimum atomic E-state index is 0.630.